The molecule has 1 atom stereocenters. The molecule has 0 saturated heterocycles. The minimum absolute atomic E-state index is 0.0609. The normalized spacial score (nSPS) is 11.9. The van der Waals surface area contributed by atoms with Gasteiger partial charge in [-0.1, -0.05) is 46.6 Å². The van der Waals surface area contributed by atoms with Crippen LogP contribution in [0.2, 0.25) is 10.2 Å². The molecule has 13 heteroatoms. The van der Waals surface area contributed by atoms with Crippen LogP contribution >= 0.6 is 23.2 Å². The molecule has 42 heavy (non-hydrogen) atoms. The maximum Gasteiger partial charge on any atom is 0.171 e. The number of nitriles is 1. The van der Waals surface area contributed by atoms with Gasteiger partial charge in [0.1, 0.15) is 11.9 Å². The molecule has 4 heterocycles. The van der Waals surface area contributed by atoms with Crippen molar-refractivity contribution >= 4 is 23.2 Å². The summed E-state index contributed by atoms with van der Waals surface area (Å²) < 4.78 is 33.7. The lowest BCUT2D eigenvalue weighted by atomic mass is 10.00. The van der Waals surface area contributed by atoms with Crippen molar-refractivity contribution in [3.63, 3.8) is 0 Å². The molecule has 208 valence electrons. The van der Waals surface area contributed by atoms with Crippen LogP contribution in [0.3, 0.4) is 0 Å². The van der Waals surface area contributed by atoms with E-state index < -0.39 is 11.9 Å². The first-order valence-corrected chi connectivity index (χ1v) is 13.3. The van der Waals surface area contributed by atoms with Gasteiger partial charge in [0.05, 0.1) is 52.3 Å². The van der Waals surface area contributed by atoms with Crippen LogP contribution in [-0.2, 0) is 13.5 Å². The van der Waals surface area contributed by atoms with Crippen molar-refractivity contribution in [3.05, 3.63) is 118 Å². The summed E-state index contributed by atoms with van der Waals surface area (Å²) in [6.45, 7) is 0. The first kappa shape index (κ1) is 27.3. The van der Waals surface area contributed by atoms with Gasteiger partial charge in [-0.2, -0.15) is 15.5 Å². The van der Waals surface area contributed by atoms with E-state index in [9.17, 15) is 9.65 Å². The van der Waals surface area contributed by atoms with Crippen LogP contribution < -0.4 is 0 Å². The van der Waals surface area contributed by atoms with Gasteiger partial charge in [0.25, 0.3) is 0 Å². The molecule has 0 spiro atoms. The highest BCUT2D eigenvalue weighted by molar-refractivity contribution is 6.31. The topological polar surface area (TPSA) is 103 Å². The molecule has 0 aliphatic heterocycles. The van der Waals surface area contributed by atoms with Gasteiger partial charge in [0.15, 0.2) is 11.0 Å². The lowest BCUT2D eigenvalue weighted by molar-refractivity contribution is 0.508. The maximum absolute atomic E-state index is 15.4. The number of aryl methyl sites for hydroxylation is 1. The van der Waals surface area contributed by atoms with E-state index in [0.29, 0.717) is 40.2 Å². The molecule has 0 amide bonds. The Kier molecular flexibility index (Phi) is 7.24. The van der Waals surface area contributed by atoms with Gasteiger partial charge in [-0.3, -0.25) is 14.3 Å². The molecule has 6 aromatic rings. The van der Waals surface area contributed by atoms with Gasteiger partial charge in [0, 0.05) is 42.6 Å². The van der Waals surface area contributed by atoms with Gasteiger partial charge < -0.3 is 0 Å². The van der Waals surface area contributed by atoms with E-state index in [1.54, 1.807) is 59.1 Å². The third kappa shape index (κ3) is 5.13. The molecular formula is C29H19Cl2F2N9. The zero-order chi connectivity index (χ0) is 29.4. The second kappa shape index (κ2) is 11.2. The number of halogens is 4. The molecule has 0 saturated carbocycles. The summed E-state index contributed by atoms with van der Waals surface area (Å²) in [5.74, 6) is -0.980. The molecule has 0 aliphatic rings. The molecule has 0 aliphatic carbocycles. The Bertz CT molecular complexity index is 1940. The third-order valence-electron chi connectivity index (χ3n) is 6.80. The number of aromatic nitrogens is 8. The SMILES string of the molecule is Cn1ncc(C#N)c1-c1cnn(C(Cc2ccc(F)cc2)c2ccc(-c3c(-n4cc(Cl)nn4)ccc(Cl)c3F)cn2)c1. The first-order chi connectivity index (χ1) is 20.3. The largest absolute Gasteiger partial charge is 0.266 e. The fourth-order valence-electron chi connectivity index (χ4n) is 4.79. The fourth-order valence-corrected chi connectivity index (χ4v) is 5.07. The van der Waals surface area contributed by atoms with Gasteiger partial charge in [0.2, 0.25) is 0 Å². The minimum atomic E-state index is -0.639. The predicted molar refractivity (Wildman–Crippen MR) is 152 cm³/mol. The van der Waals surface area contributed by atoms with Crippen LogP contribution in [0.5, 0.6) is 0 Å². The van der Waals surface area contributed by atoms with E-state index in [2.05, 4.69) is 26.6 Å². The zero-order valence-electron chi connectivity index (χ0n) is 21.8. The van der Waals surface area contributed by atoms with Gasteiger partial charge in [-0.25, -0.2) is 13.5 Å². The molecule has 0 radical (unpaired) electrons. The zero-order valence-corrected chi connectivity index (χ0v) is 23.3. The summed E-state index contributed by atoms with van der Waals surface area (Å²) in [4.78, 5) is 4.69. The summed E-state index contributed by atoms with van der Waals surface area (Å²) in [7, 11) is 1.75. The number of nitrogens with zero attached hydrogens (tertiary/aromatic N) is 9. The van der Waals surface area contributed by atoms with E-state index in [4.69, 9.17) is 28.2 Å². The number of benzene rings is 2. The van der Waals surface area contributed by atoms with Crippen LogP contribution in [0.4, 0.5) is 8.78 Å². The van der Waals surface area contributed by atoms with Crippen molar-refractivity contribution in [2.24, 2.45) is 7.05 Å². The highest BCUT2D eigenvalue weighted by atomic mass is 35.5. The lowest BCUT2D eigenvalue weighted by Gasteiger charge is -2.18. The summed E-state index contributed by atoms with van der Waals surface area (Å²) >= 11 is 12.1. The van der Waals surface area contributed by atoms with E-state index in [0.717, 1.165) is 5.56 Å². The molecule has 0 bridgehead atoms. The standard InChI is InChI=1S/C29H19Cl2F2N9/c1-40-29(19(11-34)13-36-40)20-14-37-41(15-20)25(10-17-2-5-21(32)6-3-17)23-8-4-18(12-35-23)27-24(9-7-22(30)28(27)33)42-16-26(31)38-39-42/h2-9,12-16,25H,10H2,1H3. The van der Waals surface area contributed by atoms with Crippen LogP contribution in [0, 0.1) is 23.0 Å². The second-order valence-electron chi connectivity index (χ2n) is 9.41. The van der Waals surface area contributed by atoms with Crippen molar-refractivity contribution in [3.8, 4) is 34.1 Å². The number of rotatable bonds is 7. The average Bonchev–Trinajstić information content (AvgIpc) is 3.74. The molecule has 0 N–H and O–H groups in total. The number of pyridine rings is 1. The van der Waals surface area contributed by atoms with Crippen molar-refractivity contribution in [2.75, 3.05) is 0 Å². The highest BCUT2D eigenvalue weighted by Crippen LogP contribution is 2.34. The third-order valence-corrected chi connectivity index (χ3v) is 7.26. The summed E-state index contributed by atoms with van der Waals surface area (Å²) in [6.07, 6.45) is 8.40. The van der Waals surface area contributed by atoms with E-state index in [1.807, 2.05) is 6.20 Å². The summed E-state index contributed by atoms with van der Waals surface area (Å²) in [6, 6.07) is 14.5. The van der Waals surface area contributed by atoms with Crippen molar-refractivity contribution < 1.29 is 8.78 Å². The van der Waals surface area contributed by atoms with E-state index in [-0.39, 0.29) is 21.6 Å². The Morgan fingerprint density at radius 2 is 1.74 bits per heavy atom. The fraction of sp³-hybridized carbons (Fsp3) is 0.103. The van der Waals surface area contributed by atoms with Crippen molar-refractivity contribution in [1.29, 1.82) is 5.26 Å². The van der Waals surface area contributed by atoms with Crippen LogP contribution in [0.15, 0.2) is 79.5 Å². The van der Waals surface area contributed by atoms with Crippen molar-refractivity contribution in [1.82, 2.24) is 39.5 Å². The van der Waals surface area contributed by atoms with Gasteiger partial charge in [-0.15, -0.1) is 5.10 Å². The second-order valence-corrected chi connectivity index (χ2v) is 10.2. The quantitative estimate of drug-likeness (QED) is 0.215. The molecule has 9 nitrogen and oxygen atoms in total. The summed E-state index contributed by atoms with van der Waals surface area (Å²) in [5, 5.41) is 26.1. The maximum atomic E-state index is 15.4. The molecule has 0 fully saturated rings. The Labute approximate surface area is 248 Å². The number of hydrogen-bond acceptors (Lipinski definition) is 6. The Morgan fingerprint density at radius 3 is 2.43 bits per heavy atom. The van der Waals surface area contributed by atoms with Crippen LogP contribution in [0.1, 0.15) is 22.9 Å². The van der Waals surface area contributed by atoms with E-state index >= 15 is 4.39 Å². The van der Waals surface area contributed by atoms with E-state index in [1.165, 1.54) is 35.3 Å². The molecule has 1 unspecified atom stereocenters. The van der Waals surface area contributed by atoms with Crippen LogP contribution in [0.25, 0.3) is 28.1 Å². The van der Waals surface area contributed by atoms with Crippen LogP contribution in [-0.4, -0.2) is 39.5 Å². The Hall–Kier alpha value is -4.92. The molecule has 6 rings (SSSR count). The van der Waals surface area contributed by atoms with Gasteiger partial charge in [-0.05, 0) is 35.9 Å². The first-order valence-electron chi connectivity index (χ1n) is 12.6. The summed E-state index contributed by atoms with van der Waals surface area (Å²) in [5.41, 5.74) is 4.24. The number of hydrogen-bond donors (Lipinski definition) is 0. The monoisotopic (exact) mass is 601 g/mol. The van der Waals surface area contributed by atoms with Crippen molar-refractivity contribution in [2.45, 2.75) is 12.5 Å². The molecular weight excluding hydrogens is 583 g/mol. The molecule has 2 aromatic carbocycles. The smallest absolute Gasteiger partial charge is 0.171 e. The molecule has 4 aromatic heterocycles. The van der Waals surface area contributed by atoms with Gasteiger partial charge >= 0.3 is 0 Å². The predicted octanol–water partition coefficient (Wildman–Crippen LogP) is 6.22. The minimum Gasteiger partial charge on any atom is -0.266 e. The highest BCUT2D eigenvalue weighted by Gasteiger charge is 2.22. The Balaban J connectivity index is 1.41. The Morgan fingerprint density at radius 1 is 0.929 bits per heavy atom. The lowest BCUT2D eigenvalue weighted by Crippen LogP contribution is -2.16. The average molecular weight is 602 g/mol.